The molecule has 0 radical (unpaired) electrons. The molecule has 2 nitrogen and oxygen atoms in total. The Bertz CT molecular complexity index is 276. The molecule has 0 saturated carbocycles. The van der Waals surface area contributed by atoms with Gasteiger partial charge in [0, 0.05) is 11.7 Å². The van der Waals surface area contributed by atoms with Gasteiger partial charge in [-0.25, -0.2) is 0 Å². The third-order valence-corrected chi connectivity index (χ3v) is 2.28. The van der Waals surface area contributed by atoms with Crippen LogP contribution < -0.4 is 0 Å². The van der Waals surface area contributed by atoms with Crippen molar-refractivity contribution in [2.75, 3.05) is 0 Å². The summed E-state index contributed by atoms with van der Waals surface area (Å²) in [6.07, 6.45) is 1.09. The monoisotopic (exact) mass is 244 g/mol. The minimum Gasteiger partial charge on any atom is -0.266 e. The van der Waals surface area contributed by atoms with E-state index in [1.807, 2.05) is 0 Å². The maximum absolute atomic E-state index is 4.40. The number of aromatic nitrogens is 2. The Hall–Kier alpha value is -0.310. The van der Waals surface area contributed by atoms with Crippen LogP contribution in [-0.2, 0) is 6.42 Å². The number of halogens is 1. The summed E-state index contributed by atoms with van der Waals surface area (Å²) in [5, 5.41) is 4.40. The fourth-order valence-electron chi connectivity index (χ4n) is 1.42. The highest BCUT2D eigenvalue weighted by molar-refractivity contribution is 9.10. The van der Waals surface area contributed by atoms with Crippen LogP contribution in [-0.4, -0.2) is 9.78 Å². The van der Waals surface area contributed by atoms with Gasteiger partial charge in [-0.3, -0.25) is 4.68 Å². The Balaban J connectivity index is 2.91. The standard InChI is InChI=1S/C10H17BrN2/c1-7(2)5-9-6-10(11)12-13(9)8(3)4/h6-8H,5H2,1-4H3. The van der Waals surface area contributed by atoms with Crippen molar-refractivity contribution < 1.29 is 0 Å². The van der Waals surface area contributed by atoms with E-state index in [0.29, 0.717) is 12.0 Å². The molecule has 3 heteroatoms. The summed E-state index contributed by atoms with van der Waals surface area (Å²) in [5.74, 6) is 0.682. The molecule has 0 amide bonds. The van der Waals surface area contributed by atoms with Crippen LogP contribution in [0.1, 0.15) is 39.4 Å². The molecule has 0 fully saturated rings. The Morgan fingerprint density at radius 1 is 1.38 bits per heavy atom. The molecule has 0 atom stereocenters. The molecule has 1 rings (SSSR count). The predicted octanol–water partition coefficient (Wildman–Crippen LogP) is 3.43. The van der Waals surface area contributed by atoms with E-state index in [1.165, 1.54) is 5.69 Å². The van der Waals surface area contributed by atoms with Crippen LogP contribution in [0.4, 0.5) is 0 Å². The zero-order chi connectivity index (χ0) is 10.0. The van der Waals surface area contributed by atoms with E-state index >= 15 is 0 Å². The number of nitrogens with zero attached hydrogens (tertiary/aromatic N) is 2. The summed E-state index contributed by atoms with van der Waals surface area (Å²) in [6.45, 7) is 8.77. The van der Waals surface area contributed by atoms with Crippen molar-refractivity contribution >= 4 is 15.9 Å². The van der Waals surface area contributed by atoms with E-state index in [1.54, 1.807) is 0 Å². The first-order valence-corrected chi connectivity index (χ1v) is 5.54. The minimum absolute atomic E-state index is 0.444. The van der Waals surface area contributed by atoms with E-state index in [0.717, 1.165) is 11.0 Å². The van der Waals surface area contributed by atoms with Crippen molar-refractivity contribution in [2.24, 2.45) is 5.92 Å². The molecule has 0 saturated heterocycles. The van der Waals surface area contributed by atoms with Gasteiger partial charge in [-0.1, -0.05) is 13.8 Å². The second-order valence-corrected chi connectivity index (χ2v) is 4.91. The molecule has 0 unspecified atom stereocenters. The molecule has 0 bridgehead atoms. The van der Waals surface area contributed by atoms with Crippen molar-refractivity contribution in [2.45, 2.75) is 40.2 Å². The van der Waals surface area contributed by atoms with Gasteiger partial charge in [-0.05, 0) is 48.2 Å². The predicted molar refractivity (Wildman–Crippen MR) is 58.9 cm³/mol. The number of hydrogen-bond acceptors (Lipinski definition) is 1. The summed E-state index contributed by atoms with van der Waals surface area (Å²) in [7, 11) is 0. The molecule has 1 aromatic rings. The number of hydrogen-bond donors (Lipinski definition) is 0. The van der Waals surface area contributed by atoms with Crippen molar-refractivity contribution in [3.63, 3.8) is 0 Å². The lowest BCUT2D eigenvalue weighted by atomic mass is 10.1. The molecule has 74 valence electrons. The van der Waals surface area contributed by atoms with Crippen molar-refractivity contribution in [1.82, 2.24) is 9.78 Å². The molecule has 0 aliphatic heterocycles. The lowest BCUT2D eigenvalue weighted by Crippen LogP contribution is -2.09. The highest BCUT2D eigenvalue weighted by atomic mass is 79.9. The third kappa shape index (κ3) is 2.83. The zero-order valence-electron chi connectivity index (χ0n) is 8.71. The van der Waals surface area contributed by atoms with Crippen LogP contribution in [0, 0.1) is 5.92 Å². The molecular formula is C10H17BrN2. The van der Waals surface area contributed by atoms with Crippen LogP contribution in [0.5, 0.6) is 0 Å². The van der Waals surface area contributed by atoms with Crippen LogP contribution in [0.25, 0.3) is 0 Å². The summed E-state index contributed by atoms with van der Waals surface area (Å²) < 4.78 is 3.03. The summed E-state index contributed by atoms with van der Waals surface area (Å²) in [6, 6.07) is 2.56. The average Bonchev–Trinajstić information content (AvgIpc) is 2.29. The largest absolute Gasteiger partial charge is 0.266 e. The van der Waals surface area contributed by atoms with Crippen LogP contribution in [0.15, 0.2) is 10.7 Å². The topological polar surface area (TPSA) is 17.8 Å². The fourth-order valence-corrected chi connectivity index (χ4v) is 1.85. The maximum Gasteiger partial charge on any atom is 0.128 e. The van der Waals surface area contributed by atoms with Gasteiger partial charge in [-0.15, -0.1) is 0 Å². The van der Waals surface area contributed by atoms with Gasteiger partial charge in [0.25, 0.3) is 0 Å². The first kappa shape index (κ1) is 10.8. The highest BCUT2D eigenvalue weighted by Gasteiger charge is 2.09. The molecule has 1 heterocycles. The van der Waals surface area contributed by atoms with Gasteiger partial charge in [0.2, 0.25) is 0 Å². The van der Waals surface area contributed by atoms with Gasteiger partial charge in [-0.2, -0.15) is 5.10 Å². The zero-order valence-corrected chi connectivity index (χ0v) is 10.3. The van der Waals surface area contributed by atoms with Crippen LogP contribution in [0.2, 0.25) is 0 Å². The van der Waals surface area contributed by atoms with Crippen molar-refractivity contribution in [3.05, 3.63) is 16.4 Å². The Labute approximate surface area is 88.5 Å². The van der Waals surface area contributed by atoms with Crippen LogP contribution in [0.3, 0.4) is 0 Å². The second-order valence-electron chi connectivity index (χ2n) is 4.09. The Kier molecular flexibility index (Phi) is 3.54. The van der Waals surface area contributed by atoms with E-state index < -0.39 is 0 Å². The van der Waals surface area contributed by atoms with Crippen LogP contribution >= 0.6 is 15.9 Å². The van der Waals surface area contributed by atoms with E-state index in [-0.39, 0.29) is 0 Å². The normalized spacial score (nSPS) is 11.6. The molecule has 1 aromatic heterocycles. The number of rotatable bonds is 3. The van der Waals surface area contributed by atoms with Gasteiger partial charge >= 0.3 is 0 Å². The minimum atomic E-state index is 0.444. The Morgan fingerprint density at radius 2 is 2.00 bits per heavy atom. The molecule has 0 aliphatic carbocycles. The molecular weight excluding hydrogens is 228 g/mol. The van der Waals surface area contributed by atoms with Gasteiger partial charge in [0.1, 0.15) is 4.60 Å². The lowest BCUT2D eigenvalue weighted by Gasteiger charge is -2.11. The van der Waals surface area contributed by atoms with E-state index in [9.17, 15) is 0 Å². The van der Waals surface area contributed by atoms with Crippen molar-refractivity contribution in [3.8, 4) is 0 Å². The molecule has 0 aromatic carbocycles. The van der Waals surface area contributed by atoms with Crippen molar-refractivity contribution in [1.29, 1.82) is 0 Å². The Morgan fingerprint density at radius 3 is 2.46 bits per heavy atom. The molecule has 0 aliphatic rings. The first-order valence-electron chi connectivity index (χ1n) is 4.74. The smallest absolute Gasteiger partial charge is 0.128 e. The summed E-state index contributed by atoms with van der Waals surface area (Å²) in [5.41, 5.74) is 1.32. The van der Waals surface area contributed by atoms with Gasteiger partial charge in [0.05, 0.1) is 0 Å². The first-order chi connectivity index (χ1) is 6.00. The molecule has 0 spiro atoms. The summed E-state index contributed by atoms with van der Waals surface area (Å²) >= 11 is 3.41. The van der Waals surface area contributed by atoms with Gasteiger partial charge < -0.3 is 0 Å². The quantitative estimate of drug-likeness (QED) is 0.797. The van der Waals surface area contributed by atoms with E-state index in [4.69, 9.17) is 0 Å². The molecule has 0 N–H and O–H groups in total. The third-order valence-electron chi connectivity index (χ3n) is 1.89. The lowest BCUT2D eigenvalue weighted by molar-refractivity contribution is 0.487. The second kappa shape index (κ2) is 4.27. The summed E-state index contributed by atoms with van der Waals surface area (Å²) in [4.78, 5) is 0. The average molecular weight is 245 g/mol. The molecule has 13 heavy (non-hydrogen) atoms. The maximum atomic E-state index is 4.40. The SMILES string of the molecule is CC(C)Cc1cc(Br)nn1C(C)C. The van der Waals surface area contributed by atoms with Gasteiger partial charge in [0.15, 0.2) is 0 Å². The fraction of sp³-hybridized carbons (Fsp3) is 0.700. The highest BCUT2D eigenvalue weighted by Crippen LogP contribution is 2.18. The van der Waals surface area contributed by atoms with E-state index in [2.05, 4.69) is 59.5 Å².